The Morgan fingerprint density at radius 2 is 1.91 bits per heavy atom. The molecule has 0 saturated carbocycles. The van der Waals surface area contributed by atoms with Gasteiger partial charge in [-0.1, -0.05) is 0 Å². The first-order chi connectivity index (χ1) is 11.0. The highest BCUT2D eigenvalue weighted by Gasteiger charge is 2.10. The van der Waals surface area contributed by atoms with Crippen LogP contribution >= 0.6 is 0 Å². The lowest BCUT2D eigenvalue weighted by Crippen LogP contribution is -2.43. The van der Waals surface area contributed by atoms with Crippen molar-refractivity contribution in [3.8, 4) is 0 Å². The molecule has 0 saturated heterocycles. The third-order valence-electron chi connectivity index (χ3n) is 2.93. The van der Waals surface area contributed by atoms with E-state index in [-0.39, 0.29) is 6.54 Å². The van der Waals surface area contributed by atoms with E-state index in [1.807, 2.05) is 0 Å². The van der Waals surface area contributed by atoms with E-state index >= 15 is 0 Å². The highest BCUT2D eigenvalue weighted by Crippen LogP contribution is 2.16. The average Bonchev–Trinajstić information content (AvgIpc) is 2.53. The van der Waals surface area contributed by atoms with Gasteiger partial charge in [0.2, 0.25) is 5.91 Å². The van der Waals surface area contributed by atoms with Crippen molar-refractivity contribution in [2.45, 2.75) is 6.92 Å². The van der Waals surface area contributed by atoms with Crippen LogP contribution in [0.15, 0.2) is 18.2 Å². The summed E-state index contributed by atoms with van der Waals surface area (Å²) in [5.41, 5.74) is 1.90. The van der Waals surface area contributed by atoms with Crippen LogP contribution in [0, 0.1) is 6.92 Å². The van der Waals surface area contributed by atoms with Crippen molar-refractivity contribution in [1.82, 2.24) is 10.6 Å². The molecule has 8 heteroatoms. The summed E-state index contributed by atoms with van der Waals surface area (Å²) in [4.78, 5) is 34.4. The molecule has 0 atom stereocenters. The smallest absolute Gasteiger partial charge is 0.337 e. The summed E-state index contributed by atoms with van der Waals surface area (Å²) in [5.74, 6) is -0.901. The second-order valence-electron chi connectivity index (χ2n) is 4.67. The lowest BCUT2D eigenvalue weighted by atomic mass is 10.1. The van der Waals surface area contributed by atoms with Crippen LogP contribution in [0.2, 0.25) is 0 Å². The highest BCUT2D eigenvalue weighted by atomic mass is 16.5. The number of nitrogens with one attached hydrogen (secondary N) is 3. The zero-order valence-corrected chi connectivity index (χ0v) is 13.4. The molecule has 0 unspecified atom stereocenters. The van der Waals surface area contributed by atoms with Crippen LogP contribution in [-0.4, -0.2) is 51.8 Å². The van der Waals surface area contributed by atoms with Gasteiger partial charge in [0.15, 0.2) is 0 Å². The number of urea groups is 1. The van der Waals surface area contributed by atoms with E-state index in [0.717, 1.165) is 5.56 Å². The minimum Gasteiger partial charge on any atom is -0.465 e. The van der Waals surface area contributed by atoms with Gasteiger partial charge < -0.3 is 20.1 Å². The molecule has 1 aromatic rings. The van der Waals surface area contributed by atoms with E-state index in [2.05, 4.69) is 20.7 Å². The second-order valence-corrected chi connectivity index (χ2v) is 4.67. The number of methoxy groups -OCH3 is 2. The molecule has 0 aliphatic carbocycles. The monoisotopic (exact) mass is 323 g/mol. The quantitative estimate of drug-likeness (QED) is 0.503. The number of esters is 1. The first-order valence-corrected chi connectivity index (χ1v) is 6.97. The summed E-state index contributed by atoms with van der Waals surface area (Å²) >= 11 is 0. The van der Waals surface area contributed by atoms with Gasteiger partial charge in [-0.05, 0) is 30.7 Å². The molecule has 0 spiro atoms. The van der Waals surface area contributed by atoms with Gasteiger partial charge in [0, 0.05) is 19.3 Å². The number of anilines is 1. The fourth-order valence-electron chi connectivity index (χ4n) is 1.76. The fourth-order valence-corrected chi connectivity index (χ4v) is 1.76. The summed E-state index contributed by atoms with van der Waals surface area (Å²) < 4.78 is 9.41. The van der Waals surface area contributed by atoms with Gasteiger partial charge in [-0.15, -0.1) is 0 Å². The predicted octanol–water partition coefficient (Wildman–Crippen LogP) is 0.666. The number of carbonyl (C=O) groups excluding carboxylic acids is 3. The van der Waals surface area contributed by atoms with Crippen LogP contribution in [-0.2, 0) is 14.3 Å². The van der Waals surface area contributed by atoms with Crippen molar-refractivity contribution in [3.05, 3.63) is 29.3 Å². The molecule has 1 rings (SSSR count). The maximum absolute atomic E-state index is 11.7. The standard InChI is InChI=1S/C15H21N3O5/c1-10-8-11(14(20)23-3)4-5-12(10)17-9-13(19)18-15(21)16-6-7-22-2/h4-5,8,17H,6-7,9H2,1-3H3,(H2,16,18,19,21). The van der Waals surface area contributed by atoms with Crippen molar-refractivity contribution in [1.29, 1.82) is 0 Å². The first kappa shape index (κ1) is 18.4. The summed E-state index contributed by atoms with van der Waals surface area (Å²) in [5, 5.41) is 7.56. The number of benzene rings is 1. The Labute approximate surface area is 134 Å². The van der Waals surface area contributed by atoms with Crippen molar-refractivity contribution in [2.24, 2.45) is 0 Å². The summed E-state index contributed by atoms with van der Waals surface area (Å²) in [6.45, 7) is 2.41. The Bertz CT molecular complexity index is 574. The lowest BCUT2D eigenvalue weighted by Gasteiger charge is -2.11. The number of hydrogen-bond acceptors (Lipinski definition) is 6. The van der Waals surface area contributed by atoms with Gasteiger partial charge in [0.1, 0.15) is 0 Å². The van der Waals surface area contributed by atoms with Gasteiger partial charge in [-0.2, -0.15) is 0 Å². The van der Waals surface area contributed by atoms with Crippen molar-refractivity contribution >= 4 is 23.6 Å². The third-order valence-corrected chi connectivity index (χ3v) is 2.93. The number of hydrogen-bond donors (Lipinski definition) is 3. The molecular formula is C15H21N3O5. The van der Waals surface area contributed by atoms with E-state index in [0.29, 0.717) is 24.4 Å². The summed E-state index contributed by atoms with van der Waals surface area (Å²) in [7, 11) is 2.83. The molecule has 126 valence electrons. The van der Waals surface area contributed by atoms with Crippen molar-refractivity contribution in [3.63, 3.8) is 0 Å². The van der Waals surface area contributed by atoms with Crippen molar-refractivity contribution in [2.75, 3.05) is 39.2 Å². The Hall–Kier alpha value is -2.61. The van der Waals surface area contributed by atoms with Crippen molar-refractivity contribution < 1.29 is 23.9 Å². The van der Waals surface area contributed by atoms with E-state index in [1.165, 1.54) is 14.2 Å². The molecule has 0 bridgehead atoms. The Morgan fingerprint density at radius 1 is 1.17 bits per heavy atom. The number of ether oxygens (including phenoxy) is 2. The van der Waals surface area contributed by atoms with E-state index in [9.17, 15) is 14.4 Å². The van der Waals surface area contributed by atoms with Crippen LogP contribution < -0.4 is 16.0 Å². The molecule has 0 radical (unpaired) electrons. The van der Waals surface area contributed by atoms with Gasteiger partial charge in [-0.25, -0.2) is 9.59 Å². The van der Waals surface area contributed by atoms with Gasteiger partial charge in [-0.3, -0.25) is 10.1 Å². The molecule has 23 heavy (non-hydrogen) atoms. The van der Waals surface area contributed by atoms with Gasteiger partial charge in [0.25, 0.3) is 0 Å². The van der Waals surface area contributed by atoms with Crippen LogP contribution in [0.5, 0.6) is 0 Å². The zero-order chi connectivity index (χ0) is 17.2. The molecular weight excluding hydrogens is 302 g/mol. The molecule has 0 aliphatic heterocycles. The second kappa shape index (κ2) is 9.42. The topological polar surface area (TPSA) is 106 Å². The molecule has 0 fully saturated rings. The Balaban J connectivity index is 2.47. The number of imide groups is 1. The molecule has 0 aromatic heterocycles. The Morgan fingerprint density at radius 3 is 2.52 bits per heavy atom. The average molecular weight is 323 g/mol. The fraction of sp³-hybridized carbons (Fsp3) is 0.400. The number of carbonyl (C=O) groups is 3. The largest absolute Gasteiger partial charge is 0.465 e. The normalized spacial score (nSPS) is 9.87. The molecule has 3 N–H and O–H groups in total. The number of amides is 3. The van der Waals surface area contributed by atoms with E-state index in [4.69, 9.17) is 4.74 Å². The molecule has 3 amide bonds. The highest BCUT2D eigenvalue weighted by molar-refractivity contribution is 5.96. The molecule has 0 heterocycles. The van der Waals surface area contributed by atoms with Gasteiger partial charge in [0.05, 0.1) is 25.8 Å². The molecule has 0 aliphatic rings. The lowest BCUT2D eigenvalue weighted by molar-refractivity contribution is -0.118. The third kappa shape index (κ3) is 6.35. The van der Waals surface area contributed by atoms with Crippen LogP contribution in [0.25, 0.3) is 0 Å². The van der Waals surface area contributed by atoms with Crippen LogP contribution in [0.4, 0.5) is 10.5 Å². The van der Waals surface area contributed by atoms with E-state index < -0.39 is 17.9 Å². The minimum atomic E-state index is -0.577. The van der Waals surface area contributed by atoms with Crippen LogP contribution in [0.1, 0.15) is 15.9 Å². The number of rotatable bonds is 7. The van der Waals surface area contributed by atoms with Crippen LogP contribution in [0.3, 0.4) is 0 Å². The molecule has 1 aromatic carbocycles. The number of aryl methyl sites for hydroxylation is 1. The maximum Gasteiger partial charge on any atom is 0.337 e. The van der Waals surface area contributed by atoms with E-state index in [1.54, 1.807) is 25.1 Å². The Kier molecular flexibility index (Phi) is 7.55. The summed E-state index contributed by atoms with van der Waals surface area (Å²) in [6.07, 6.45) is 0. The zero-order valence-electron chi connectivity index (χ0n) is 13.4. The maximum atomic E-state index is 11.7. The predicted molar refractivity (Wildman–Crippen MR) is 84.4 cm³/mol. The molecule has 8 nitrogen and oxygen atoms in total. The minimum absolute atomic E-state index is 0.0733. The summed E-state index contributed by atoms with van der Waals surface area (Å²) in [6, 6.07) is 4.35. The first-order valence-electron chi connectivity index (χ1n) is 6.97. The van der Waals surface area contributed by atoms with Gasteiger partial charge >= 0.3 is 12.0 Å². The SMILES string of the molecule is COCCNC(=O)NC(=O)CNc1ccc(C(=O)OC)cc1C.